The number of carbonyl (C=O) groups excluding carboxylic acids is 1. The maximum atomic E-state index is 13.7. The molecule has 0 saturated heterocycles. The fourth-order valence-corrected chi connectivity index (χ4v) is 1.84. The van der Waals surface area contributed by atoms with E-state index in [1.807, 2.05) is 0 Å². The molecular formula is C14H11F2NO. The van der Waals surface area contributed by atoms with E-state index in [-0.39, 0.29) is 12.0 Å². The molecule has 2 aromatic carbocycles. The molecule has 0 saturated carbocycles. The molecule has 2 rings (SSSR count). The maximum absolute atomic E-state index is 13.7. The van der Waals surface area contributed by atoms with Crippen molar-refractivity contribution in [3.63, 3.8) is 0 Å². The molecule has 0 bridgehead atoms. The average Bonchev–Trinajstić information content (AvgIpc) is 2.31. The van der Waals surface area contributed by atoms with Crippen LogP contribution in [0.15, 0.2) is 42.5 Å². The Morgan fingerprint density at radius 2 is 1.83 bits per heavy atom. The number of hydrogen-bond donors (Lipinski definition) is 1. The van der Waals surface area contributed by atoms with E-state index >= 15 is 0 Å². The van der Waals surface area contributed by atoms with Gasteiger partial charge in [-0.3, -0.25) is 4.79 Å². The van der Waals surface area contributed by atoms with Gasteiger partial charge in [0.25, 0.3) is 0 Å². The third-order valence-electron chi connectivity index (χ3n) is 2.61. The highest BCUT2D eigenvalue weighted by molar-refractivity contribution is 5.80. The molecule has 92 valence electrons. The zero-order valence-corrected chi connectivity index (χ0v) is 9.49. The normalized spacial score (nSPS) is 10.3. The van der Waals surface area contributed by atoms with E-state index in [0.717, 1.165) is 0 Å². The van der Waals surface area contributed by atoms with Crippen LogP contribution in [0, 0.1) is 11.6 Å². The Labute approximate surface area is 103 Å². The lowest BCUT2D eigenvalue weighted by atomic mass is 9.97. The van der Waals surface area contributed by atoms with E-state index in [4.69, 9.17) is 5.73 Å². The van der Waals surface area contributed by atoms with Crippen molar-refractivity contribution in [2.75, 3.05) is 0 Å². The number of halogens is 2. The standard InChI is InChI=1S/C14H11F2NO/c15-10-4-1-3-9(7-10)11-5-2-6-13(16)12(11)8-14(17)18/h1-7H,8H2,(H2,17,18). The smallest absolute Gasteiger partial charge is 0.221 e. The van der Waals surface area contributed by atoms with Gasteiger partial charge in [0, 0.05) is 5.56 Å². The average molecular weight is 247 g/mol. The van der Waals surface area contributed by atoms with Crippen LogP contribution in [0.5, 0.6) is 0 Å². The Morgan fingerprint density at radius 1 is 1.11 bits per heavy atom. The lowest BCUT2D eigenvalue weighted by molar-refractivity contribution is -0.117. The van der Waals surface area contributed by atoms with Gasteiger partial charge >= 0.3 is 0 Å². The van der Waals surface area contributed by atoms with Crippen molar-refractivity contribution in [2.24, 2.45) is 5.73 Å². The Bertz CT molecular complexity index is 596. The highest BCUT2D eigenvalue weighted by atomic mass is 19.1. The molecule has 18 heavy (non-hydrogen) atoms. The van der Waals surface area contributed by atoms with Crippen LogP contribution >= 0.6 is 0 Å². The Balaban J connectivity index is 2.56. The van der Waals surface area contributed by atoms with Crippen molar-refractivity contribution >= 4 is 5.91 Å². The molecule has 4 heteroatoms. The third kappa shape index (κ3) is 2.53. The van der Waals surface area contributed by atoms with Gasteiger partial charge in [-0.2, -0.15) is 0 Å². The van der Waals surface area contributed by atoms with E-state index in [2.05, 4.69) is 0 Å². The van der Waals surface area contributed by atoms with E-state index in [1.54, 1.807) is 12.1 Å². The van der Waals surface area contributed by atoms with Crippen molar-refractivity contribution in [3.8, 4) is 11.1 Å². The molecule has 0 heterocycles. The molecule has 0 fully saturated rings. The molecule has 2 N–H and O–H groups in total. The fraction of sp³-hybridized carbons (Fsp3) is 0.0714. The van der Waals surface area contributed by atoms with Gasteiger partial charge in [-0.25, -0.2) is 8.78 Å². The van der Waals surface area contributed by atoms with Crippen molar-refractivity contribution in [3.05, 3.63) is 59.7 Å². The van der Waals surface area contributed by atoms with Gasteiger partial charge in [0.1, 0.15) is 11.6 Å². The fourth-order valence-electron chi connectivity index (χ4n) is 1.84. The van der Waals surface area contributed by atoms with Gasteiger partial charge in [0.05, 0.1) is 6.42 Å². The summed E-state index contributed by atoms with van der Waals surface area (Å²) in [6, 6.07) is 10.2. The van der Waals surface area contributed by atoms with Gasteiger partial charge < -0.3 is 5.73 Å². The van der Waals surface area contributed by atoms with Crippen LogP contribution in [0.3, 0.4) is 0 Å². The minimum Gasteiger partial charge on any atom is -0.369 e. The second kappa shape index (κ2) is 4.96. The lowest BCUT2D eigenvalue weighted by Gasteiger charge is -2.09. The van der Waals surface area contributed by atoms with Gasteiger partial charge in [0.2, 0.25) is 5.91 Å². The highest BCUT2D eigenvalue weighted by Gasteiger charge is 2.12. The van der Waals surface area contributed by atoms with E-state index in [0.29, 0.717) is 11.1 Å². The Kier molecular flexibility index (Phi) is 3.37. The lowest BCUT2D eigenvalue weighted by Crippen LogP contribution is -2.15. The molecule has 2 aromatic rings. The number of amides is 1. The largest absolute Gasteiger partial charge is 0.369 e. The predicted molar refractivity (Wildman–Crippen MR) is 64.7 cm³/mol. The zero-order valence-electron chi connectivity index (χ0n) is 9.49. The van der Waals surface area contributed by atoms with Crippen LogP contribution in [0.2, 0.25) is 0 Å². The molecule has 0 atom stereocenters. The minimum atomic E-state index is -0.627. The summed E-state index contributed by atoms with van der Waals surface area (Å²) in [6.45, 7) is 0. The number of rotatable bonds is 3. The summed E-state index contributed by atoms with van der Waals surface area (Å²) in [5, 5.41) is 0. The zero-order chi connectivity index (χ0) is 13.1. The summed E-state index contributed by atoms with van der Waals surface area (Å²) in [7, 11) is 0. The first-order valence-corrected chi connectivity index (χ1v) is 5.39. The predicted octanol–water partition coefficient (Wildman–Crippen LogP) is 2.66. The molecule has 2 nitrogen and oxygen atoms in total. The number of hydrogen-bond acceptors (Lipinski definition) is 1. The van der Waals surface area contributed by atoms with E-state index < -0.39 is 17.5 Å². The SMILES string of the molecule is NC(=O)Cc1c(F)cccc1-c1cccc(F)c1. The molecule has 0 unspecified atom stereocenters. The first kappa shape index (κ1) is 12.2. The molecule has 1 amide bonds. The van der Waals surface area contributed by atoms with E-state index in [1.165, 1.54) is 30.3 Å². The molecular weight excluding hydrogens is 236 g/mol. The van der Waals surface area contributed by atoms with E-state index in [9.17, 15) is 13.6 Å². The van der Waals surface area contributed by atoms with Crippen molar-refractivity contribution < 1.29 is 13.6 Å². The topological polar surface area (TPSA) is 43.1 Å². The molecule has 0 aliphatic heterocycles. The van der Waals surface area contributed by atoms with Gasteiger partial charge in [-0.1, -0.05) is 24.3 Å². The summed E-state index contributed by atoms with van der Waals surface area (Å²) in [4.78, 5) is 11.0. The molecule has 0 aliphatic carbocycles. The summed E-state index contributed by atoms with van der Waals surface area (Å²) < 4.78 is 26.9. The first-order valence-electron chi connectivity index (χ1n) is 5.39. The third-order valence-corrected chi connectivity index (χ3v) is 2.61. The van der Waals surface area contributed by atoms with Crippen LogP contribution < -0.4 is 5.73 Å². The number of benzene rings is 2. The minimum absolute atomic E-state index is 0.190. The van der Waals surface area contributed by atoms with Gasteiger partial charge in [-0.05, 0) is 29.3 Å². The van der Waals surface area contributed by atoms with Crippen LogP contribution in [-0.4, -0.2) is 5.91 Å². The number of primary amides is 1. The molecule has 0 radical (unpaired) electrons. The van der Waals surface area contributed by atoms with Crippen molar-refractivity contribution in [1.82, 2.24) is 0 Å². The maximum Gasteiger partial charge on any atom is 0.221 e. The molecule has 0 aliphatic rings. The molecule has 0 spiro atoms. The second-order valence-corrected chi connectivity index (χ2v) is 3.92. The highest BCUT2D eigenvalue weighted by Crippen LogP contribution is 2.26. The molecule has 0 aromatic heterocycles. The number of carbonyl (C=O) groups is 1. The summed E-state index contributed by atoms with van der Waals surface area (Å²) in [5.74, 6) is -1.56. The second-order valence-electron chi connectivity index (χ2n) is 3.92. The number of nitrogens with two attached hydrogens (primary N) is 1. The van der Waals surface area contributed by atoms with Crippen molar-refractivity contribution in [1.29, 1.82) is 0 Å². The van der Waals surface area contributed by atoms with Crippen molar-refractivity contribution in [2.45, 2.75) is 6.42 Å². The van der Waals surface area contributed by atoms with Gasteiger partial charge in [0.15, 0.2) is 0 Å². The summed E-state index contributed by atoms with van der Waals surface area (Å²) in [5.41, 5.74) is 6.28. The quantitative estimate of drug-likeness (QED) is 0.890. The summed E-state index contributed by atoms with van der Waals surface area (Å²) in [6.07, 6.45) is -0.210. The summed E-state index contributed by atoms with van der Waals surface area (Å²) >= 11 is 0. The van der Waals surface area contributed by atoms with Gasteiger partial charge in [-0.15, -0.1) is 0 Å². The Hall–Kier alpha value is -2.23. The monoisotopic (exact) mass is 247 g/mol. The first-order chi connectivity index (χ1) is 8.58. The van der Waals surface area contributed by atoms with Crippen LogP contribution in [0.25, 0.3) is 11.1 Å². The Morgan fingerprint density at radius 3 is 2.50 bits per heavy atom. The van der Waals surface area contributed by atoms with Crippen LogP contribution in [0.1, 0.15) is 5.56 Å². The van der Waals surface area contributed by atoms with Crippen LogP contribution in [-0.2, 0) is 11.2 Å². The van der Waals surface area contributed by atoms with Crippen LogP contribution in [0.4, 0.5) is 8.78 Å².